The van der Waals surface area contributed by atoms with Crippen molar-refractivity contribution in [1.29, 1.82) is 0 Å². The van der Waals surface area contributed by atoms with Crippen LogP contribution in [0.4, 0.5) is 21.5 Å². The summed E-state index contributed by atoms with van der Waals surface area (Å²) in [5, 5.41) is 2.78. The Morgan fingerprint density at radius 1 is 0.841 bits per heavy atom. The maximum absolute atomic E-state index is 14.5. The molecule has 1 fully saturated rings. The molecule has 0 aromatic heterocycles. The Hall–Kier alpha value is -4.41. The van der Waals surface area contributed by atoms with Gasteiger partial charge in [-0.15, -0.1) is 0 Å². The van der Waals surface area contributed by atoms with E-state index >= 15 is 0 Å². The normalized spacial score (nSPS) is 16.7. The molecule has 0 unspecified atom stereocenters. The van der Waals surface area contributed by atoms with E-state index in [4.69, 9.17) is 4.74 Å². The van der Waals surface area contributed by atoms with Gasteiger partial charge in [-0.3, -0.25) is 4.79 Å². The molecule has 4 aromatic carbocycles. The lowest BCUT2D eigenvalue weighted by molar-refractivity contribution is -0.118. The molecule has 0 saturated carbocycles. The third-order valence-corrected chi connectivity index (χ3v) is 9.63. The van der Waals surface area contributed by atoms with Crippen LogP contribution >= 0.6 is 0 Å². The van der Waals surface area contributed by atoms with Gasteiger partial charge in [0.05, 0.1) is 11.4 Å². The molecule has 228 valence electrons. The number of piperazine rings is 1. The quantitative estimate of drug-likeness (QED) is 0.258. The first-order chi connectivity index (χ1) is 21.4. The van der Waals surface area contributed by atoms with Crippen molar-refractivity contribution in [3.8, 4) is 5.75 Å². The Morgan fingerprint density at radius 3 is 2.30 bits per heavy atom. The Balaban J connectivity index is 1.25. The van der Waals surface area contributed by atoms with Crippen molar-refractivity contribution in [3.63, 3.8) is 0 Å². The van der Waals surface area contributed by atoms with Crippen LogP contribution in [0.25, 0.3) is 0 Å². The number of halogens is 1. The van der Waals surface area contributed by atoms with Gasteiger partial charge in [-0.2, -0.15) is 0 Å². The molecular weight excluding hydrogens is 579 g/mol. The van der Waals surface area contributed by atoms with Crippen LogP contribution in [0.15, 0.2) is 102 Å². The molecule has 1 heterocycles. The van der Waals surface area contributed by atoms with Crippen molar-refractivity contribution < 1.29 is 22.3 Å². The van der Waals surface area contributed by atoms with Gasteiger partial charge in [-0.25, -0.2) is 17.5 Å². The monoisotopic (exact) mass is 614 g/mol. The van der Waals surface area contributed by atoms with E-state index in [1.165, 1.54) is 12.1 Å². The van der Waals surface area contributed by atoms with E-state index in [0.29, 0.717) is 55.4 Å². The van der Waals surface area contributed by atoms with Gasteiger partial charge in [0.1, 0.15) is 16.5 Å². The summed E-state index contributed by atoms with van der Waals surface area (Å²) in [6.07, 6.45) is 2.49. The molecule has 0 spiro atoms. The zero-order valence-corrected chi connectivity index (χ0v) is 25.1. The minimum atomic E-state index is -4.02. The SMILES string of the molecule is O=C(COc1ccccc1)Nc1ccc(N2CCN(c3ccccc3F)CC2)c(S(=O)(=O)N[C@H]2CCCc3ccccc32)c1. The van der Waals surface area contributed by atoms with Gasteiger partial charge in [-0.05, 0) is 72.9 Å². The van der Waals surface area contributed by atoms with Crippen molar-refractivity contribution in [2.45, 2.75) is 30.2 Å². The predicted molar refractivity (Wildman–Crippen MR) is 170 cm³/mol. The van der Waals surface area contributed by atoms with Crippen molar-refractivity contribution in [2.24, 2.45) is 0 Å². The number of amides is 1. The second kappa shape index (κ2) is 13.1. The van der Waals surface area contributed by atoms with Gasteiger partial charge in [0.15, 0.2) is 6.61 Å². The Labute approximate surface area is 257 Å². The number of aryl methyl sites for hydroxylation is 1. The molecule has 1 saturated heterocycles. The number of para-hydroxylation sites is 2. The highest BCUT2D eigenvalue weighted by Gasteiger charge is 2.30. The number of sulfonamides is 1. The summed E-state index contributed by atoms with van der Waals surface area (Å²) in [7, 11) is -4.02. The van der Waals surface area contributed by atoms with Crippen molar-refractivity contribution in [2.75, 3.05) is 47.9 Å². The third-order valence-electron chi connectivity index (χ3n) is 8.13. The van der Waals surface area contributed by atoms with Crippen LogP contribution in [0.2, 0.25) is 0 Å². The van der Waals surface area contributed by atoms with Gasteiger partial charge in [0.25, 0.3) is 5.91 Å². The molecule has 0 radical (unpaired) electrons. The molecule has 4 aromatic rings. The fraction of sp³-hybridized carbons (Fsp3) is 0.265. The molecule has 1 amide bonds. The topological polar surface area (TPSA) is 91.0 Å². The number of carbonyl (C=O) groups is 1. The highest BCUT2D eigenvalue weighted by Crippen LogP contribution is 2.35. The van der Waals surface area contributed by atoms with E-state index in [-0.39, 0.29) is 23.4 Å². The minimum Gasteiger partial charge on any atom is -0.484 e. The molecule has 1 atom stereocenters. The number of nitrogens with one attached hydrogen (secondary N) is 2. The fourth-order valence-electron chi connectivity index (χ4n) is 5.95. The molecule has 0 bridgehead atoms. The summed E-state index contributed by atoms with van der Waals surface area (Å²) in [4.78, 5) is 16.8. The van der Waals surface area contributed by atoms with E-state index in [1.54, 1.807) is 36.4 Å². The number of ether oxygens (including phenoxy) is 1. The van der Waals surface area contributed by atoms with Crippen LogP contribution in [-0.2, 0) is 21.2 Å². The Morgan fingerprint density at radius 2 is 1.52 bits per heavy atom. The Bertz CT molecular complexity index is 1730. The molecule has 1 aliphatic heterocycles. The van der Waals surface area contributed by atoms with E-state index in [0.717, 1.165) is 24.0 Å². The Kier molecular flexibility index (Phi) is 8.81. The average molecular weight is 615 g/mol. The maximum Gasteiger partial charge on any atom is 0.262 e. The standard InChI is InChI=1S/C34H35FN4O4S/c35-29-14-6-7-16-31(29)38-19-21-39(22-20-38)32-18-17-26(36-34(40)24-43-27-11-2-1-3-12-27)23-33(32)44(41,42)37-30-15-8-10-25-9-4-5-13-28(25)30/h1-7,9,11-14,16-18,23,30,37H,8,10,15,19-22,24H2,(H,36,40)/t30-/m0/s1. The van der Waals surface area contributed by atoms with Crippen LogP contribution in [0.3, 0.4) is 0 Å². The lowest BCUT2D eigenvalue weighted by Gasteiger charge is -2.38. The van der Waals surface area contributed by atoms with Crippen molar-refractivity contribution in [3.05, 3.63) is 114 Å². The maximum atomic E-state index is 14.5. The van der Waals surface area contributed by atoms with E-state index in [9.17, 15) is 17.6 Å². The molecule has 10 heteroatoms. The van der Waals surface area contributed by atoms with Crippen LogP contribution in [0.1, 0.15) is 30.0 Å². The first-order valence-corrected chi connectivity index (χ1v) is 16.3. The second-order valence-corrected chi connectivity index (χ2v) is 12.7. The number of benzene rings is 4. The van der Waals surface area contributed by atoms with Gasteiger partial charge in [-0.1, -0.05) is 54.6 Å². The molecule has 2 N–H and O–H groups in total. The van der Waals surface area contributed by atoms with Crippen molar-refractivity contribution >= 4 is 33.0 Å². The highest BCUT2D eigenvalue weighted by atomic mass is 32.2. The summed E-state index contributed by atoms with van der Waals surface area (Å²) >= 11 is 0. The predicted octanol–water partition coefficient (Wildman–Crippen LogP) is 5.53. The lowest BCUT2D eigenvalue weighted by Crippen LogP contribution is -2.47. The summed E-state index contributed by atoms with van der Waals surface area (Å²) in [5.41, 5.74) is 3.56. The minimum absolute atomic E-state index is 0.0849. The number of fused-ring (bicyclic) bond motifs is 1. The first-order valence-electron chi connectivity index (χ1n) is 14.8. The van der Waals surface area contributed by atoms with Gasteiger partial charge in [0, 0.05) is 37.9 Å². The number of nitrogens with zero attached hydrogens (tertiary/aromatic N) is 2. The number of carbonyl (C=O) groups excluding carboxylic acids is 1. The van der Waals surface area contributed by atoms with E-state index < -0.39 is 15.9 Å². The number of hydrogen-bond donors (Lipinski definition) is 2. The fourth-order valence-corrected chi connectivity index (χ4v) is 7.46. The number of hydrogen-bond acceptors (Lipinski definition) is 6. The smallest absolute Gasteiger partial charge is 0.262 e. The zero-order chi connectivity index (χ0) is 30.5. The van der Waals surface area contributed by atoms with Crippen LogP contribution in [0.5, 0.6) is 5.75 Å². The molecule has 44 heavy (non-hydrogen) atoms. The molecule has 6 rings (SSSR count). The molecule has 1 aliphatic carbocycles. The van der Waals surface area contributed by atoms with Crippen molar-refractivity contribution in [1.82, 2.24) is 4.72 Å². The van der Waals surface area contributed by atoms with Crippen LogP contribution < -0.4 is 24.6 Å². The second-order valence-electron chi connectivity index (χ2n) is 11.0. The third kappa shape index (κ3) is 6.71. The number of rotatable bonds is 9. The molecule has 8 nitrogen and oxygen atoms in total. The van der Waals surface area contributed by atoms with E-state index in [1.807, 2.05) is 58.3 Å². The zero-order valence-electron chi connectivity index (χ0n) is 24.3. The summed E-state index contributed by atoms with van der Waals surface area (Å²) < 4.78 is 51.2. The summed E-state index contributed by atoms with van der Waals surface area (Å²) in [5.74, 6) is -0.122. The summed E-state index contributed by atoms with van der Waals surface area (Å²) in [6, 6.07) is 28.2. The molecule has 2 aliphatic rings. The van der Waals surface area contributed by atoms with Gasteiger partial charge < -0.3 is 19.9 Å². The molecular formula is C34H35FN4O4S. The van der Waals surface area contributed by atoms with E-state index in [2.05, 4.69) is 10.0 Å². The van der Waals surface area contributed by atoms with Crippen LogP contribution in [-0.4, -0.2) is 47.1 Å². The lowest BCUT2D eigenvalue weighted by atomic mass is 9.88. The van der Waals surface area contributed by atoms with Gasteiger partial charge >= 0.3 is 0 Å². The largest absolute Gasteiger partial charge is 0.484 e. The first kappa shape index (κ1) is 29.7. The summed E-state index contributed by atoms with van der Waals surface area (Å²) in [6.45, 7) is 1.83. The van der Waals surface area contributed by atoms with Gasteiger partial charge in [0.2, 0.25) is 10.0 Å². The number of anilines is 3. The average Bonchev–Trinajstić information content (AvgIpc) is 3.05. The van der Waals surface area contributed by atoms with Crippen LogP contribution in [0, 0.1) is 5.82 Å². The highest BCUT2D eigenvalue weighted by molar-refractivity contribution is 7.89.